The summed E-state index contributed by atoms with van der Waals surface area (Å²) in [6.07, 6.45) is 11.5. The van der Waals surface area contributed by atoms with E-state index in [1.165, 1.54) is 24.8 Å². The summed E-state index contributed by atoms with van der Waals surface area (Å²) >= 11 is 0. The number of nitrogens with zero attached hydrogens (tertiary/aromatic N) is 1. The summed E-state index contributed by atoms with van der Waals surface area (Å²) in [4.78, 5) is 39.3. The second-order valence-electron chi connectivity index (χ2n) is 21.4. The number of halogens is 2. The zero-order valence-electron chi connectivity index (χ0n) is 34.8. The predicted molar refractivity (Wildman–Crippen MR) is 206 cm³/mol. The standard InChI is InChI=1S/C45H71F2NO6/c1-29(2)30-12-17-44(22-25-53-37(52)28-48-23-20-45(46,47)21-24-48)19-18-42(8)31(38(30)44)10-11-33-41(7)15-14-34(40(5,6)32(41)13-16-43(33,42)9)54-36(51)27-39(3,4)26-35(49)50/h30-34,38H,1,10-28H2,2-9H3,(H,49,50)/t30-,31+,32-,33+,34-,38+,41-,42+,43+,44+/m0/s1. The Balaban J connectivity index is 1.16. The normalized spacial score (nSPS) is 41.4. The topological polar surface area (TPSA) is 93.1 Å². The van der Waals surface area contributed by atoms with Gasteiger partial charge in [-0.2, -0.15) is 0 Å². The van der Waals surface area contributed by atoms with Crippen molar-refractivity contribution in [2.24, 2.45) is 62.1 Å². The summed E-state index contributed by atoms with van der Waals surface area (Å²) in [5, 5.41) is 9.35. The molecule has 0 aromatic rings. The van der Waals surface area contributed by atoms with Crippen LogP contribution in [0.3, 0.4) is 0 Å². The molecule has 306 valence electrons. The number of esters is 2. The maximum Gasteiger partial charge on any atom is 0.320 e. The molecule has 5 saturated carbocycles. The maximum atomic E-state index is 13.7. The highest BCUT2D eigenvalue weighted by molar-refractivity contribution is 5.73. The second-order valence-corrected chi connectivity index (χ2v) is 21.4. The van der Waals surface area contributed by atoms with Gasteiger partial charge in [0.05, 0.1) is 26.0 Å². The first kappa shape index (κ1) is 41.6. The number of hydrogen-bond donors (Lipinski definition) is 1. The molecular weight excluding hydrogens is 688 g/mol. The molecule has 0 radical (unpaired) electrons. The summed E-state index contributed by atoms with van der Waals surface area (Å²) in [7, 11) is 0. The average Bonchev–Trinajstić information content (AvgIpc) is 3.43. The number of carboxylic acid groups (broad SMARTS) is 1. The average molecular weight is 760 g/mol. The first-order valence-corrected chi connectivity index (χ1v) is 21.3. The first-order chi connectivity index (χ1) is 25.0. The van der Waals surface area contributed by atoms with Gasteiger partial charge in [-0.3, -0.25) is 19.3 Å². The molecule has 0 aromatic heterocycles. The third-order valence-corrected chi connectivity index (χ3v) is 17.5. The molecule has 0 amide bonds. The second kappa shape index (κ2) is 14.4. The van der Waals surface area contributed by atoms with Crippen LogP contribution >= 0.6 is 0 Å². The smallest absolute Gasteiger partial charge is 0.320 e. The predicted octanol–water partition coefficient (Wildman–Crippen LogP) is 10.1. The molecule has 6 aliphatic rings. The molecule has 1 N–H and O–H groups in total. The van der Waals surface area contributed by atoms with E-state index in [9.17, 15) is 28.3 Å². The minimum atomic E-state index is -2.63. The number of carboxylic acids is 1. The minimum absolute atomic E-state index is 0.0637. The molecule has 0 spiro atoms. The number of likely N-dealkylation sites (tertiary alicyclic amines) is 1. The molecule has 1 aliphatic heterocycles. The Morgan fingerprint density at radius 3 is 2.15 bits per heavy atom. The third kappa shape index (κ3) is 7.32. The van der Waals surface area contributed by atoms with Crippen LogP contribution in [-0.4, -0.2) is 66.2 Å². The quantitative estimate of drug-likeness (QED) is 0.166. The zero-order chi connectivity index (χ0) is 39.7. The Hall–Kier alpha value is -2.03. The Bertz CT molecular complexity index is 1470. The fraction of sp³-hybridized carbons (Fsp3) is 0.889. The van der Waals surface area contributed by atoms with E-state index in [1.807, 2.05) is 13.8 Å². The van der Waals surface area contributed by atoms with Gasteiger partial charge in [-0.05, 0) is 134 Å². The number of carbonyl (C=O) groups is 3. The van der Waals surface area contributed by atoms with Crippen molar-refractivity contribution in [3.63, 3.8) is 0 Å². The number of ether oxygens (including phenoxy) is 2. The lowest BCUT2D eigenvalue weighted by Gasteiger charge is -2.73. The molecule has 0 unspecified atom stereocenters. The molecule has 54 heavy (non-hydrogen) atoms. The summed E-state index contributed by atoms with van der Waals surface area (Å²) in [6.45, 7) is 23.8. The Morgan fingerprint density at radius 1 is 0.815 bits per heavy atom. The molecule has 7 nitrogen and oxygen atoms in total. The molecule has 10 atom stereocenters. The van der Waals surface area contributed by atoms with Crippen molar-refractivity contribution in [3.05, 3.63) is 12.2 Å². The summed E-state index contributed by atoms with van der Waals surface area (Å²) in [6, 6.07) is 0. The van der Waals surface area contributed by atoms with Crippen LogP contribution in [0.5, 0.6) is 0 Å². The van der Waals surface area contributed by atoms with Gasteiger partial charge in [-0.1, -0.05) is 60.6 Å². The highest BCUT2D eigenvalue weighted by Gasteiger charge is 2.71. The number of alkyl halides is 2. The molecule has 9 heteroatoms. The molecule has 5 aliphatic carbocycles. The maximum absolute atomic E-state index is 13.7. The van der Waals surface area contributed by atoms with Gasteiger partial charge in [0, 0.05) is 31.3 Å². The number of hydrogen-bond acceptors (Lipinski definition) is 6. The lowest BCUT2D eigenvalue weighted by atomic mass is 9.32. The van der Waals surface area contributed by atoms with Gasteiger partial charge >= 0.3 is 17.9 Å². The fourth-order valence-electron chi connectivity index (χ4n) is 14.6. The Labute approximate surface area is 324 Å². The van der Waals surface area contributed by atoms with Gasteiger partial charge in [0.25, 0.3) is 5.92 Å². The van der Waals surface area contributed by atoms with Crippen molar-refractivity contribution in [3.8, 4) is 0 Å². The minimum Gasteiger partial charge on any atom is -0.481 e. The van der Waals surface area contributed by atoms with E-state index in [2.05, 4.69) is 48.1 Å². The third-order valence-electron chi connectivity index (χ3n) is 17.5. The monoisotopic (exact) mass is 760 g/mol. The van der Waals surface area contributed by atoms with Gasteiger partial charge in [0.2, 0.25) is 0 Å². The van der Waals surface area contributed by atoms with Gasteiger partial charge in [-0.25, -0.2) is 8.78 Å². The van der Waals surface area contributed by atoms with Crippen molar-refractivity contribution in [2.45, 2.75) is 164 Å². The number of fused-ring (bicyclic) bond motifs is 7. The molecule has 1 heterocycles. The van der Waals surface area contributed by atoms with Crippen LogP contribution in [0.2, 0.25) is 0 Å². The van der Waals surface area contributed by atoms with Gasteiger partial charge in [0.15, 0.2) is 0 Å². The highest BCUT2D eigenvalue weighted by atomic mass is 19.3. The van der Waals surface area contributed by atoms with Crippen LogP contribution in [0.1, 0.15) is 152 Å². The molecule has 1 saturated heterocycles. The largest absolute Gasteiger partial charge is 0.481 e. The van der Waals surface area contributed by atoms with Crippen LogP contribution in [-0.2, 0) is 23.9 Å². The Morgan fingerprint density at radius 2 is 1.50 bits per heavy atom. The number of aliphatic carboxylic acids is 1. The molecular formula is C45H71F2NO6. The van der Waals surface area contributed by atoms with E-state index in [4.69, 9.17) is 9.47 Å². The number of rotatable bonds is 11. The summed E-state index contributed by atoms with van der Waals surface area (Å²) < 4.78 is 39.5. The van der Waals surface area contributed by atoms with Crippen LogP contribution in [0, 0.1) is 62.1 Å². The first-order valence-electron chi connectivity index (χ1n) is 21.3. The molecule has 6 fully saturated rings. The number of carbonyl (C=O) groups excluding carboxylic acids is 2. The van der Waals surface area contributed by atoms with Crippen molar-refractivity contribution < 1.29 is 37.7 Å². The van der Waals surface area contributed by atoms with E-state index in [1.54, 1.807) is 4.90 Å². The lowest BCUT2D eigenvalue weighted by Crippen LogP contribution is -2.66. The zero-order valence-corrected chi connectivity index (χ0v) is 34.8. The van der Waals surface area contributed by atoms with E-state index in [-0.39, 0.29) is 90.4 Å². The van der Waals surface area contributed by atoms with Crippen molar-refractivity contribution in [1.29, 1.82) is 0 Å². The van der Waals surface area contributed by atoms with Gasteiger partial charge in [0.1, 0.15) is 6.10 Å². The summed E-state index contributed by atoms with van der Waals surface area (Å²) in [5.41, 5.74) is 1.04. The van der Waals surface area contributed by atoms with Crippen molar-refractivity contribution >= 4 is 17.9 Å². The highest BCUT2D eigenvalue weighted by Crippen LogP contribution is 2.78. The Kier molecular flexibility index (Phi) is 11.1. The van der Waals surface area contributed by atoms with Crippen LogP contribution in [0.25, 0.3) is 0 Å². The fourth-order valence-corrected chi connectivity index (χ4v) is 14.6. The van der Waals surface area contributed by atoms with E-state index in [0.29, 0.717) is 36.2 Å². The molecule has 0 bridgehead atoms. The molecule has 0 aromatic carbocycles. The SMILES string of the molecule is C=C(C)[C@@H]1CC[C@]2(CCOC(=O)CN3CCC(F)(F)CC3)CC[C@]3(C)[C@H](CC[C@@H]4[C@@]5(C)CC[C@H](OC(=O)CC(C)(C)CC(=O)O)C(C)(C)[C@@H]5CC[C@]43C)[C@@H]12. The van der Waals surface area contributed by atoms with E-state index >= 15 is 0 Å². The van der Waals surface area contributed by atoms with Crippen molar-refractivity contribution in [2.75, 3.05) is 26.2 Å². The molecule has 6 rings (SSSR count). The van der Waals surface area contributed by atoms with Crippen LogP contribution in [0.15, 0.2) is 12.2 Å². The van der Waals surface area contributed by atoms with E-state index in [0.717, 1.165) is 51.4 Å². The van der Waals surface area contributed by atoms with Crippen molar-refractivity contribution in [1.82, 2.24) is 4.90 Å². The van der Waals surface area contributed by atoms with Gasteiger partial charge < -0.3 is 14.6 Å². The van der Waals surface area contributed by atoms with Crippen LogP contribution < -0.4 is 0 Å². The lowest BCUT2D eigenvalue weighted by molar-refractivity contribution is -0.251. The number of allylic oxidation sites excluding steroid dienone is 1. The number of piperidine rings is 1. The van der Waals surface area contributed by atoms with E-state index < -0.39 is 17.3 Å². The van der Waals surface area contributed by atoms with Gasteiger partial charge in [-0.15, -0.1) is 0 Å². The summed E-state index contributed by atoms with van der Waals surface area (Å²) in [5.74, 6) is -1.55. The van der Waals surface area contributed by atoms with Crippen LogP contribution in [0.4, 0.5) is 8.78 Å².